The van der Waals surface area contributed by atoms with Crippen LogP contribution in [0.25, 0.3) is 0 Å². The summed E-state index contributed by atoms with van der Waals surface area (Å²) in [6, 6.07) is 18.9. The van der Waals surface area contributed by atoms with Crippen molar-refractivity contribution >= 4 is 11.6 Å². The number of methoxy groups -OCH3 is 1. The number of rotatable bonds is 8. The van der Waals surface area contributed by atoms with E-state index in [1.54, 1.807) is 36.3 Å². The van der Waals surface area contributed by atoms with Crippen molar-refractivity contribution in [3.05, 3.63) is 95.7 Å². The second-order valence-corrected chi connectivity index (χ2v) is 7.10. The van der Waals surface area contributed by atoms with Gasteiger partial charge in [-0.2, -0.15) is 5.10 Å². The van der Waals surface area contributed by atoms with Crippen LogP contribution in [0.3, 0.4) is 0 Å². The van der Waals surface area contributed by atoms with Gasteiger partial charge in [-0.15, -0.1) is 0 Å². The van der Waals surface area contributed by atoms with Crippen molar-refractivity contribution in [1.29, 1.82) is 0 Å². The minimum atomic E-state index is -0.345. The first kappa shape index (κ1) is 20.3. The van der Waals surface area contributed by atoms with Gasteiger partial charge in [0.15, 0.2) is 5.76 Å². The van der Waals surface area contributed by atoms with Crippen LogP contribution in [0.15, 0.2) is 77.5 Å². The smallest absolute Gasteiger partial charge is 0.291 e. The summed E-state index contributed by atoms with van der Waals surface area (Å²) in [5.74, 6) is 1.98. The SMILES string of the molecule is COc1cccc(Cn2cc(NC(=O)c3ccc(COc4cccc(C)c4)o3)cn2)c1. The van der Waals surface area contributed by atoms with E-state index in [1.165, 1.54) is 0 Å². The molecule has 0 fully saturated rings. The molecule has 0 unspecified atom stereocenters. The number of nitrogens with one attached hydrogen (secondary N) is 1. The average molecular weight is 417 g/mol. The fourth-order valence-electron chi connectivity index (χ4n) is 3.10. The van der Waals surface area contributed by atoms with E-state index in [1.807, 2.05) is 55.5 Å². The Morgan fingerprint density at radius 2 is 1.94 bits per heavy atom. The molecule has 0 aliphatic carbocycles. The number of benzene rings is 2. The number of nitrogens with zero attached hydrogens (tertiary/aromatic N) is 2. The Morgan fingerprint density at radius 3 is 2.77 bits per heavy atom. The average Bonchev–Trinajstić information content (AvgIpc) is 3.42. The molecule has 7 nitrogen and oxygen atoms in total. The van der Waals surface area contributed by atoms with Crippen LogP contribution in [0.4, 0.5) is 5.69 Å². The van der Waals surface area contributed by atoms with E-state index in [2.05, 4.69) is 10.4 Å². The van der Waals surface area contributed by atoms with Gasteiger partial charge in [-0.05, 0) is 54.4 Å². The number of aryl methyl sites for hydroxylation is 1. The summed E-state index contributed by atoms with van der Waals surface area (Å²) in [6.45, 7) is 2.81. The van der Waals surface area contributed by atoms with Gasteiger partial charge >= 0.3 is 0 Å². The van der Waals surface area contributed by atoms with Gasteiger partial charge in [0.25, 0.3) is 5.91 Å². The number of hydrogen-bond donors (Lipinski definition) is 1. The van der Waals surface area contributed by atoms with Gasteiger partial charge in [0.05, 0.1) is 25.5 Å². The highest BCUT2D eigenvalue weighted by atomic mass is 16.5. The van der Waals surface area contributed by atoms with E-state index in [0.717, 1.165) is 22.6 Å². The van der Waals surface area contributed by atoms with Crippen molar-refractivity contribution in [2.45, 2.75) is 20.1 Å². The molecule has 0 aliphatic rings. The van der Waals surface area contributed by atoms with Gasteiger partial charge in [-0.3, -0.25) is 9.48 Å². The Hall–Kier alpha value is -4.00. The lowest BCUT2D eigenvalue weighted by Crippen LogP contribution is -2.10. The van der Waals surface area contributed by atoms with Gasteiger partial charge < -0.3 is 19.2 Å². The predicted molar refractivity (Wildman–Crippen MR) is 116 cm³/mol. The van der Waals surface area contributed by atoms with Crippen molar-refractivity contribution in [3.63, 3.8) is 0 Å². The minimum absolute atomic E-state index is 0.211. The normalized spacial score (nSPS) is 10.6. The topological polar surface area (TPSA) is 78.5 Å². The second kappa shape index (κ2) is 9.21. The van der Waals surface area contributed by atoms with E-state index in [0.29, 0.717) is 18.0 Å². The summed E-state index contributed by atoms with van der Waals surface area (Å²) >= 11 is 0. The number of hydrogen-bond acceptors (Lipinski definition) is 5. The quantitative estimate of drug-likeness (QED) is 0.451. The van der Waals surface area contributed by atoms with Crippen LogP contribution in [0.1, 0.15) is 27.4 Å². The third kappa shape index (κ3) is 5.33. The Bertz CT molecular complexity index is 1180. The van der Waals surface area contributed by atoms with Crippen molar-refractivity contribution in [1.82, 2.24) is 9.78 Å². The third-order valence-corrected chi connectivity index (χ3v) is 4.63. The molecule has 2 aromatic heterocycles. The number of carbonyl (C=O) groups is 1. The lowest BCUT2D eigenvalue weighted by atomic mass is 10.2. The van der Waals surface area contributed by atoms with Gasteiger partial charge in [0, 0.05) is 6.20 Å². The standard InChI is InChI=1S/C24H23N3O4/c1-17-5-3-8-21(11-17)30-16-22-9-10-23(31-22)24(28)26-19-13-25-27(15-19)14-18-6-4-7-20(12-18)29-2/h3-13,15H,14,16H2,1-2H3,(H,26,28). The first-order valence-corrected chi connectivity index (χ1v) is 9.84. The molecule has 0 aliphatic heterocycles. The van der Waals surface area contributed by atoms with E-state index < -0.39 is 0 Å². The molecule has 2 aromatic carbocycles. The molecule has 0 spiro atoms. The Balaban J connectivity index is 1.33. The van der Waals surface area contributed by atoms with Crippen LogP contribution in [0.2, 0.25) is 0 Å². The van der Waals surface area contributed by atoms with Crippen molar-refractivity contribution in [3.8, 4) is 11.5 Å². The first-order valence-electron chi connectivity index (χ1n) is 9.84. The summed E-state index contributed by atoms with van der Waals surface area (Å²) in [5.41, 5.74) is 2.75. The third-order valence-electron chi connectivity index (χ3n) is 4.63. The summed E-state index contributed by atoms with van der Waals surface area (Å²) in [5, 5.41) is 7.10. The maximum Gasteiger partial charge on any atom is 0.291 e. The van der Waals surface area contributed by atoms with Crippen molar-refractivity contribution < 1.29 is 18.7 Å². The number of anilines is 1. The zero-order chi connectivity index (χ0) is 21.6. The largest absolute Gasteiger partial charge is 0.497 e. The second-order valence-electron chi connectivity index (χ2n) is 7.10. The maximum atomic E-state index is 12.5. The molecule has 0 bridgehead atoms. The Kier molecular flexibility index (Phi) is 6.03. The Labute approximate surface area is 180 Å². The number of furan rings is 1. The van der Waals surface area contributed by atoms with Crippen LogP contribution in [0.5, 0.6) is 11.5 Å². The fraction of sp³-hybridized carbons (Fsp3) is 0.167. The molecule has 4 rings (SSSR count). The zero-order valence-electron chi connectivity index (χ0n) is 17.4. The lowest BCUT2D eigenvalue weighted by molar-refractivity contribution is 0.0992. The molecule has 7 heteroatoms. The molecule has 31 heavy (non-hydrogen) atoms. The molecular formula is C24H23N3O4. The van der Waals surface area contributed by atoms with Gasteiger partial charge in [-0.1, -0.05) is 24.3 Å². The highest BCUT2D eigenvalue weighted by Gasteiger charge is 2.13. The van der Waals surface area contributed by atoms with E-state index in [4.69, 9.17) is 13.9 Å². The van der Waals surface area contributed by atoms with E-state index in [-0.39, 0.29) is 18.3 Å². The van der Waals surface area contributed by atoms with Crippen LogP contribution in [-0.4, -0.2) is 22.8 Å². The molecule has 1 amide bonds. The van der Waals surface area contributed by atoms with Gasteiger partial charge in [0.2, 0.25) is 0 Å². The minimum Gasteiger partial charge on any atom is -0.497 e. The predicted octanol–water partition coefficient (Wildman–Crippen LogP) is 4.67. The highest BCUT2D eigenvalue weighted by molar-refractivity contribution is 6.02. The molecule has 0 radical (unpaired) electrons. The molecular weight excluding hydrogens is 394 g/mol. The number of amides is 1. The summed E-state index contributed by atoms with van der Waals surface area (Å²) < 4.78 is 18.3. The maximum absolute atomic E-state index is 12.5. The molecule has 2 heterocycles. The van der Waals surface area contributed by atoms with Crippen molar-refractivity contribution in [2.24, 2.45) is 0 Å². The summed E-state index contributed by atoms with van der Waals surface area (Å²) in [4.78, 5) is 12.5. The van der Waals surface area contributed by atoms with Gasteiger partial charge in [0.1, 0.15) is 23.9 Å². The van der Waals surface area contributed by atoms with Gasteiger partial charge in [-0.25, -0.2) is 0 Å². The molecule has 0 saturated heterocycles. The summed E-state index contributed by atoms with van der Waals surface area (Å²) in [6.07, 6.45) is 3.37. The number of aromatic nitrogens is 2. The molecule has 0 atom stereocenters. The Morgan fingerprint density at radius 1 is 1.10 bits per heavy atom. The summed E-state index contributed by atoms with van der Waals surface area (Å²) in [7, 11) is 1.63. The number of ether oxygens (including phenoxy) is 2. The zero-order valence-corrected chi connectivity index (χ0v) is 17.4. The van der Waals surface area contributed by atoms with Crippen molar-refractivity contribution in [2.75, 3.05) is 12.4 Å². The molecule has 4 aromatic rings. The highest BCUT2D eigenvalue weighted by Crippen LogP contribution is 2.18. The first-order chi connectivity index (χ1) is 15.1. The van der Waals surface area contributed by atoms with Crippen LogP contribution >= 0.6 is 0 Å². The molecule has 158 valence electrons. The molecule has 0 saturated carbocycles. The fourth-order valence-corrected chi connectivity index (χ4v) is 3.10. The van der Waals surface area contributed by atoms with Crippen LogP contribution in [0, 0.1) is 6.92 Å². The monoisotopic (exact) mass is 417 g/mol. The number of carbonyl (C=O) groups excluding carboxylic acids is 1. The van der Waals surface area contributed by atoms with E-state index in [9.17, 15) is 4.79 Å². The van der Waals surface area contributed by atoms with E-state index >= 15 is 0 Å². The van der Waals surface area contributed by atoms with Crippen LogP contribution < -0.4 is 14.8 Å². The van der Waals surface area contributed by atoms with Crippen LogP contribution in [-0.2, 0) is 13.2 Å². The molecule has 1 N–H and O–H groups in total. The lowest BCUT2D eigenvalue weighted by Gasteiger charge is -2.05.